The average Bonchev–Trinajstić information content (AvgIpc) is 3.63. The van der Waals surface area contributed by atoms with Gasteiger partial charge in [0.15, 0.2) is 28.7 Å². The molecule has 0 fully saturated rings. The van der Waals surface area contributed by atoms with E-state index in [1.807, 2.05) is 0 Å². The van der Waals surface area contributed by atoms with Crippen LogP contribution in [0.25, 0.3) is 17.1 Å². The molecule has 2 aromatic carbocycles. The van der Waals surface area contributed by atoms with E-state index in [-0.39, 0.29) is 36.6 Å². The maximum absolute atomic E-state index is 13.0. The number of amides is 1. The van der Waals surface area contributed by atoms with Crippen LogP contribution in [0.5, 0.6) is 23.0 Å². The number of nitrogens with two attached hydrogens (primary N) is 1. The molecule has 0 spiro atoms. The molecule has 14 heteroatoms. The van der Waals surface area contributed by atoms with Gasteiger partial charge >= 0.3 is 0 Å². The fraction of sp³-hybridized carbons (Fsp3) is 0.100. The number of nitrogens with one attached hydrogen (secondary N) is 1. The SMILES string of the molecule is Nc1nonc1-n1nnc(C(=O)N/N=C/c2ccc3c(c2)OCO3)c1-c1ccc2c(c1)OCO2. The van der Waals surface area contributed by atoms with Gasteiger partial charge in [0.25, 0.3) is 5.91 Å². The van der Waals surface area contributed by atoms with Crippen LogP contribution < -0.4 is 30.1 Å². The maximum Gasteiger partial charge on any atom is 0.294 e. The van der Waals surface area contributed by atoms with Crippen LogP contribution in [-0.2, 0) is 0 Å². The average molecular weight is 462 g/mol. The number of ether oxygens (including phenoxy) is 4. The first-order chi connectivity index (χ1) is 16.7. The Morgan fingerprint density at radius 3 is 2.50 bits per heavy atom. The Kier molecular flexibility index (Phi) is 4.47. The molecule has 0 aliphatic carbocycles. The Morgan fingerprint density at radius 1 is 1.00 bits per heavy atom. The first kappa shape index (κ1) is 19.5. The molecule has 0 saturated carbocycles. The predicted molar refractivity (Wildman–Crippen MR) is 113 cm³/mol. The second-order valence-corrected chi connectivity index (χ2v) is 7.05. The minimum Gasteiger partial charge on any atom is -0.454 e. The van der Waals surface area contributed by atoms with Gasteiger partial charge in [0, 0.05) is 5.56 Å². The lowest BCUT2D eigenvalue weighted by atomic mass is 10.1. The zero-order valence-corrected chi connectivity index (χ0v) is 17.2. The summed E-state index contributed by atoms with van der Waals surface area (Å²) in [7, 11) is 0. The topological polar surface area (TPSA) is 174 Å². The van der Waals surface area contributed by atoms with Crippen molar-refractivity contribution in [2.45, 2.75) is 0 Å². The number of hydrazone groups is 1. The quantitative estimate of drug-likeness (QED) is 0.321. The summed E-state index contributed by atoms with van der Waals surface area (Å²) in [6.45, 7) is 0.259. The summed E-state index contributed by atoms with van der Waals surface area (Å²) in [6.07, 6.45) is 1.46. The molecule has 3 N–H and O–H groups in total. The molecule has 170 valence electrons. The van der Waals surface area contributed by atoms with Crippen molar-refractivity contribution in [2.24, 2.45) is 5.10 Å². The van der Waals surface area contributed by atoms with E-state index in [4.69, 9.17) is 24.7 Å². The van der Waals surface area contributed by atoms with Gasteiger partial charge in [-0.1, -0.05) is 5.21 Å². The van der Waals surface area contributed by atoms with E-state index in [0.29, 0.717) is 34.1 Å². The number of aromatic nitrogens is 5. The highest BCUT2D eigenvalue weighted by Gasteiger charge is 2.26. The lowest BCUT2D eigenvalue weighted by Gasteiger charge is -2.07. The number of hydrogen-bond acceptors (Lipinski definition) is 12. The van der Waals surface area contributed by atoms with Crippen LogP contribution in [0.1, 0.15) is 16.1 Å². The van der Waals surface area contributed by atoms with Crippen molar-refractivity contribution in [3.05, 3.63) is 47.7 Å². The lowest BCUT2D eigenvalue weighted by molar-refractivity contribution is 0.0950. The first-order valence-electron chi connectivity index (χ1n) is 9.84. The summed E-state index contributed by atoms with van der Waals surface area (Å²) in [5.74, 6) is 1.75. The van der Waals surface area contributed by atoms with Crippen LogP contribution in [0.15, 0.2) is 46.1 Å². The second kappa shape index (κ2) is 7.77. The van der Waals surface area contributed by atoms with E-state index >= 15 is 0 Å². The summed E-state index contributed by atoms with van der Waals surface area (Å²) in [6, 6.07) is 10.4. The molecular formula is C20H14N8O6. The van der Waals surface area contributed by atoms with Gasteiger partial charge < -0.3 is 24.7 Å². The number of benzene rings is 2. The number of anilines is 1. The molecule has 0 radical (unpaired) electrons. The summed E-state index contributed by atoms with van der Waals surface area (Å²) >= 11 is 0. The Bertz CT molecular complexity index is 1440. The van der Waals surface area contributed by atoms with Crippen molar-refractivity contribution >= 4 is 17.9 Å². The van der Waals surface area contributed by atoms with Crippen molar-refractivity contribution in [3.8, 4) is 40.1 Å². The smallest absolute Gasteiger partial charge is 0.294 e. The molecule has 14 nitrogen and oxygen atoms in total. The second-order valence-electron chi connectivity index (χ2n) is 7.05. The fourth-order valence-electron chi connectivity index (χ4n) is 3.44. The highest BCUT2D eigenvalue weighted by atomic mass is 16.7. The summed E-state index contributed by atoms with van der Waals surface area (Å²) in [5, 5.41) is 19.4. The normalized spacial score (nSPS) is 13.5. The number of nitrogens with zero attached hydrogens (tertiary/aromatic N) is 6. The van der Waals surface area contributed by atoms with Gasteiger partial charge in [-0.3, -0.25) is 4.79 Å². The van der Waals surface area contributed by atoms with Crippen molar-refractivity contribution in [1.82, 2.24) is 30.7 Å². The maximum atomic E-state index is 13.0. The van der Waals surface area contributed by atoms with Gasteiger partial charge in [-0.25, -0.2) is 10.1 Å². The molecule has 4 aromatic rings. The van der Waals surface area contributed by atoms with Crippen molar-refractivity contribution < 1.29 is 28.4 Å². The monoisotopic (exact) mass is 462 g/mol. The van der Waals surface area contributed by atoms with Gasteiger partial charge in [0.2, 0.25) is 25.2 Å². The number of nitrogen functional groups attached to an aromatic ring is 1. The number of carbonyl (C=O) groups excluding carboxylic acids is 1. The van der Waals surface area contributed by atoms with E-state index < -0.39 is 5.91 Å². The molecule has 1 amide bonds. The summed E-state index contributed by atoms with van der Waals surface area (Å²) in [4.78, 5) is 13.0. The Morgan fingerprint density at radius 2 is 1.74 bits per heavy atom. The molecule has 2 aliphatic heterocycles. The van der Waals surface area contributed by atoms with Crippen LogP contribution >= 0.6 is 0 Å². The standard InChI is InChI=1S/C20H14N8O6/c21-18-19(26-34-25-18)28-17(11-2-4-13-15(6-11)33-9-31-13)16(23-27-28)20(29)24-22-7-10-1-3-12-14(5-10)32-8-30-12/h1-7H,8-9H2,(H2,21,25)(H,24,29)/b22-7+. The third-order valence-electron chi connectivity index (χ3n) is 5.00. The predicted octanol–water partition coefficient (Wildman–Crippen LogP) is 1.12. The number of carbonyl (C=O) groups is 1. The Labute approximate surface area is 189 Å². The van der Waals surface area contributed by atoms with Gasteiger partial charge in [0.05, 0.1) is 6.21 Å². The van der Waals surface area contributed by atoms with Gasteiger partial charge in [-0.05, 0) is 52.3 Å². The van der Waals surface area contributed by atoms with E-state index in [0.717, 1.165) is 0 Å². The molecule has 0 unspecified atom stereocenters. The van der Waals surface area contributed by atoms with E-state index in [1.54, 1.807) is 36.4 Å². The van der Waals surface area contributed by atoms with Crippen molar-refractivity contribution in [3.63, 3.8) is 0 Å². The summed E-state index contributed by atoms with van der Waals surface area (Å²) in [5.41, 5.74) is 9.76. The molecule has 34 heavy (non-hydrogen) atoms. The van der Waals surface area contributed by atoms with Crippen LogP contribution in [0, 0.1) is 0 Å². The number of hydrogen-bond donors (Lipinski definition) is 2. The Hall–Kier alpha value is -5.14. The largest absolute Gasteiger partial charge is 0.454 e. The van der Waals surface area contributed by atoms with E-state index in [9.17, 15) is 4.79 Å². The van der Waals surface area contributed by atoms with E-state index in [1.165, 1.54) is 10.9 Å². The highest BCUT2D eigenvalue weighted by molar-refractivity contribution is 5.99. The third-order valence-corrected chi connectivity index (χ3v) is 5.00. The molecule has 0 atom stereocenters. The van der Waals surface area contributed by atoms with Crippen LogP contribution in [-0.4, -0.2) is 51.0 Å². The molecule has 6 rings (SSSR count). The lowest BCUT2D eigenvalue weighted by Crippen LogP contribution is -2.19. The molecule has 2 aliphatic rings. The van der Waals surface area contributed by atoms with Crippen LogP contribution in [0.4, 0.5) is 5.82 Å². The number of rotatable bonds is 5. The van der Waals surface area contributed by atoms with Crippen LogP contribution in [0.2, 0.25) is 0 Å². The van der Waals surface area contributed by atoms with E-state index in [2.05, 4.69) is 35.8 Å². The van der Waals surface area contributed by atoms with Crippen molar-refractivity contribution in [1.29, 1.82) is 0 Å². The highest BCUT2D eigenvalue weighted by Crippen LogP contribution is 2.37. The zero-order chi connectivity index (χ0) is 23.1. The third kappa shape index (κ3) is 3.29. The Balaban J connectivity index is 1.33. The molecule has 0 saturated heterocycles. The van der Waals surface area contributed by atoms with Gasteiger partial charge in [-0.15, -0.1) is 5.10 Å². The zero-order valence-electron chi connectivity index (χ0n) is 17.2. The molecule has 2 aromatic heterocycles. The minimum absolute atomic E-state index is 0.0281. The van der Waals surface area contributed by atoms with Gasteiger partial charge in [-0.2, -0.15) is 9.78 Å². The first-order valence-corrected chi connectivity index (χ1v) is 9.84. The molecule has 4 heterocycles. The molecule has 0 bridgehead atoms. The number of fused-ring (bicyclic) bond motifs is 2. The van der Waals surface area contributed by atoms with Crippen LogP contribution in [0.3, 0.4) is 0 Å². The summed E-state index contributed by atoms with van der Waals surface area (Å²) < 4.78 is 27.4. The van der Waals surface area contributed by atoms with Gasteiger partial charge in [0.1, 0.15) is 5.69 Å². The molecular weight excluding hydrogens is 448 g/mol. The van der Waals surface area contributed by atoms with Crippen molar-refractivity contribution in [2.75, 3.05) is 19.3 Å². The minimum atomic E-state index is -0.620. The fourth-order valence-corrected chi connectivity index (χ4v) is 3.44.